The lowest BCUT2D eigenvalue weighted by molar-refractivity contribution is -0.118. The maximum Gasteiger partial charge on any atom is 0.244 e. The highest BCUT2D eigenvalue weighted by molar-refractivity contribution is 7.16. The average molecular weight is 268 g/mol. The third kappa shape index (κ3) is 1.80. The van der Waals surface area contributed by atoms with E-state index in [1.165, 1.54) is 11.3 Å². The van der Waals surface area contributed by atoms with Gasteiger partial charge in [0, 0.05) is 0 Å². The lowest BCUT2D eigenvalue weighted by atomic mass is 10.2. The number of benzene rings is 1. The summed E-state index contributed by atoms with van der Waals surface area (Å²) in [7, 11) is 0. The zero-order chi connectivity index (χ0) is 12.0. The predicted molar refractivity (Wildman–Crippen MR) is 69.4 cm³/mol. The molecule has 0 bridgehead atoms. The van der Waals surface area contributed by atoms with Crippen LogP contribution in [0, 0.1) is 0 Å². The summed E-state index contributed by atoms with van der Waals surface area (Å²) >= 11 is 7.59. The summed E-state index contributed by atoms with van der Waals surface area (Å²) in [6.45, 7) is 0. The fourth-order valence-corrected chi connectivity index (χ4v) is 2.51. The number of carbonyl (C=O) groups is 1. The van der Waals surface area contributed by atoms with E-state index in [0.717, 1.165) is 23.1 Å². The first kappa shape index (κ1) is 11.0. The van der Waals surface area contributed by atoms with Crippen molar-refractivity contribution in [3.8, 4) is 0 Å². The number of carbonyl (C=O) groups excluding carboxylic acids is 1. The lowest BCUT2D eigenvalue weighted by Crippen LogP contribution is -2.37. The summed E-state index contributed by atoms with van der Waals surface area (Å²) in [5, 5.41) is 3.28. The number of halogens is 1. The molecule has 0 saturated heterocycles. The number of nitrogens with one attached hydrogen (secondary N) is 1. The number of thiazole rings is 1. The minimum Gasteiger partial charge on any atom is -0.321 e. The van der Waals surface area contributed by atoms with Crippen LogP contribution in [0.5, 0.6) is 0 Å². The van der Waals surface area contributed by atoms with Crippen LogP contribution in [-0.4, -0.2) is 16.4 Å². The molecule has 1 aliphatic carbocycles. The molecule has 1 saturated carbocycles. The first-order chi connectivity index (χ1) is 8.10. The van der Waals surface area contributed by atoms with Crippen molar-refractivity contribution in [2.45, 2.75) is 18.4 Å². The van der Waals surface area contributed by atoms with Crippen molar-refractivity contribution in [2.75, 3.05) is 5.32 Å². The molecule has 4 nitrogen and oxygen atoms in total. The van der Waals surface area contributed by atoms with Gasteiger partial charge in [-0.3, -0.25) is 4.79 Å². The third-order valence-electron chi connectivity index (χ3n) is 2.93. The fraction of sp³-hybridized carbons (Fsp3) is 0.273. The molecule has 88 valence electrons. The van der Waals surface area contributed by atoms with E-state index in [1.54, 1.807) is 11.6 Å². The third-order valence-corrected chi connectivity index (χ3v) is 4.04. The summed E-state index contributed by atoms with van der Waals surface area (Å²) in [5.74, 6) is -0.181. The maximum absolute atomic E-state index is 11.9. The Kier molecular flexibility index (Phi) is 2.36. The molecular weight excluding hydrogens is 258 g/mol. The zero-order valence-electron chi connectivity index (χ0n) is 8.87. The van der Waals surface area contributed by atoms with Gasteiger partial charge in [-0.1, -0.05) is 11.6 Å². The molecule has 0 unspecified atom stereocenters. The Morgan fingerprint density at radius 2 is 2.29 bits per heavy atom. The molecule has 17 heavy (non-hydrogen) atoms. The number of aromatic nitrogens is 1. The minimum atomic E-state index is -0.707. The number of rotatable bonds is 2. The highest BCUT2D eigenvalue weighted by Crippen LogP contribution is 2.36. The first-order valence-corrected chi connectivity index (χ1v) is 6.48. The molecule has 1 aromatic heterocycles. The number of anilines is 1. The topological polar surface area (TPSA) is 68.0 Å². The van der Waals surface area contributed by atoms with Crippen LogP contribution in [0.2, 0.25) is 5.02 Å². The van der Waals surface area contributed by atoms with Crippen LogP contribution in [0.4, 0.5) is 5.69 Å². The predicted octanol–water partition coefficient (Wildman–Crippen LogP) is 2.38. The number of hydrogen-bond acceptors (Lipinski definition) is 4. The van der Waals surface area contributed by atoms with Crippen LogP contribution < -0.4 is 11.1 Å². The van der Waals surface area contributed by atoms with E-state index >= 15 is 0 Å². The smallest absolute Gasteiger partial charge is 0.244 e. The Labute approximate surface area is 107 Å². The van der Waals surface area contributed by atoms with Crippen LogP contribution in [0.25, 0.3) is 10.2 Å². The van der Waals surface area contributed by atoms with Gasteiger partial charge in [-0.15, -0.1) is 11.3 Å². The molecule has 1 heterocycles. The van der Waals surface area contributed by atoms with Crippen LogP contribution >= 0.6 is 22.9 Å². The van der Waals surface area contributed by atoms with Crippen LogP contribution in [-0.2, 0) is 4.79 Å². The summed E-state index contributed by atoms with van der Waals surface area (Å²) in [4.78, 5) is 16.1. The molecule has 3 rings (SSSR count). The molecule has 1 aromatic carbocycles. The Bertz CT molecular complexity index is 606. The van der Waals surface area contributed by atoms with Gasteiger partial charge in [0.05, 0.1) is 26.5 Å². The molecular formula is C11H10ClN3OS. The Hall–Kier alpha value is -1.17. The molecule has 2 aromatic rings. The number of amides is 1. The summed E-state index contributed by atoms with van der Waals surface area (Å²) in [6, 6.07) is 3.65. The van der Waals surface area contributed by atoms with Gasteiger partial charge in [0.1, 0.15) is 5.52 Å². The van der Waals surface area contributed by atoms with Crippen molar-refractivity contribution in [1.82, 2.24) is 4.98 Å². The van der Waals surface area contributed by atoms with E-state index in [1.807, 2.05) is 6.07 Å². The van der Waals surface area contributed by atoms with Gasteiger partial charge in [0.25, 0.3) is 0 Å². The van der Waals surface area contributed by atoms with Crippen molar-refractivity contribution in [3.63, 3.8) is 0 Å². The van der Waals surface area contributed by atoms with Gasteiger partial charge in [0.15, 0.2) is 0 Å². The van der Waals surface area contributed by atoms with E-state index in [4.69, 9.17) is 17.3 Å². The Morgan fingerprint density at radius 1 is 1.53 bits per heavy atom. The van der Waals surface area contributed by atoms with Gasteiger partial charge < -0.3 is 11.1 Å². The van der Waals surface area contributed by atoms with Crippen molar-refractivity contribution in [2.24, 2.45) is 5.73 Å². The molecule has 0 aliphatic heterocycles. The highest BCUT2D eigenvalue weighted by Gasteiger charge is 2.46. The van der Waals surface area contributed by atoms with Crippen molar-refractivity contribution in [3.05, 3.63) is 22.7 Å². The largest absolute Gasteiger partial charge is 0.321 e. The summed E-state index contributed by atoms with van der Waals surface area (Å²) in [5.41, 5.74) is 8.14. The van der Waals surface area contributed by atoms with Gasteiger partial charge in [-0.2, -0.15) is 0 Å². The monoisotopic (exact) mass is 267 g/mol. The number of fused-ring (bicyclic) bond motifs is 1. The van der Waals surface area contributed by atoms with E-state index in [0.29, 0.717) is 10.7 Å². The quantitative estimate of drug-likeness (QED) is 0.878. The van der Waals surface area contributed by atoms with Crippen molar-refractivity contribution in [1.29, 1.82) is 0 Å². The Balaban J connectivity index is 2.01. The SMILES string of the molecule is NC1(C(=O)Nc2c(Cl)ccc3scnc23)CC1. The standard InChI is InChI=1S/C11H10ClN3OS/c12-6-1-2-7-9(14-5-17-7)8(6)15-10(16)11(13)3-4-11/h1-2,5H,3-4,13H2,(H,15,16). The number of nitrogens with zero attached hydrogens (tertiary/aromatic N) is 1. The lowest BCUT2D eigenvalue weighted by Gasteiger charge is -2.11. The second kappa shape index (κ2) is 3.66. The van der Waals surface area contributed by atoms with Gasteiger partial charge >= 0.3 is 0 Å². The maximum atomic E-state index is 11.9. The molecule has 6 heteroatoms. The van der Waals surface area contributed by atoms with Crippen LogP contribution in [0.3, 0.4) is 0 Å². The zero-order valence-corrected chi connectivity index (χ0v) is 10.4. The van der Waals surface area contributed by atoms with Crippen LogP contribution in [0.1, 0.15) is 12.8 Å². The van der Waals surface area contributed by atoms with Crippen LogP contribution in [0.15, 0.2) is 17.6 Å². The van der Waals surface area contributed by atoms with E-state index in [-0.39, 0.29) is 5.91 Å². The fourth-order valence-electron chi connectivity index (χ4n) is 1.63. The molecule has 0 atom stereocenters. The minimum absolute atomic E-state index is 0.181. The highest BCUT2D eigenvalue weighted by atomic mass is 35.5. The molecule has 1 aliphatic rings. The summed E-state index contributed by atoms with van der Waals surface area (Å²) in [6.07, 6.45) is 1.45. The molecule has 1 fully saturated rings. The molecule has 3 N–H and O–H groups in total. The molecule has 0 radical (unpaired) electrons. The molecule has 0 spiro atoms. The van der Waals surface area contributed by atoms with Gasteiger partial charge in [-0.25, -0.2) is 4.98 Å². The summed E-state index contributed by atoms with van der Waals surface area (Å²) < 4.78 is 0.992. The van der Waals surface area contributed by atoms with Crippen molar-refractivity contribution < 1.29 is 4.79 Å². The van der Waals surface area contributed by atoms with Gasteiger partial charge in [-0.05, 0) is 25.0 Å². The number of hydrogen-bond donors (Lipinski definition) is 2. The average Bonchev–Trinajstić information content (AvgIpc) is 2.90. The van der Waals surface area contributed by atoms with Crippen molar-refractivity contribution >= 4 is 44.7 Å². The van der Waals surface area contributed by atoms with E-state index in [9.17, 15) is 4.79 Å². The Morgan fingerprint density at radius 3 is 3.00 bits per heavy atom. The number of nitrogens with two attached hydrogens (primary N) is 1. The van der Waals surface area contributed by atoms with E-state index in [2.05, 4.69) is 10.3 Å². The second-order valence-corrected chi connectivity index (χ2v) is 5.53. The first-order valence-electron chi connectivity index (χ1n) is 5.22. The van der Waals surface area contributed by atoms with Gasteiger partial charge in [0.2, 0.25) is 5.91 Å². The van der Waals surface area contributed by atoms with E-state index < -0.39 is 5.54 Å². The normalized spacial score (nSPS) is 17.1. The second-order valence-electron chi connectivity index (χ2n) is 4.23. The molecule has 1 amide bonds.